The number of carbonyl (C=O) groups is 2. The van der Waals surface area contributed by atoms with Crippen molar-refractivity contribution >= 4 is 11.7 Å². The maximum Gasteiger partial charge on any atom is 0.270 e. The van der Waals surface area contributed by atoms with Crippen molar-refractivity contribution in [1.29, 1.82) is 0 Å². The number of H-pyrrole nitrogens is 1. The molecule has 156 valence electrons. The smallest absolute Gasteiger partial charge is 0.270 e. The fraction of sp³-hybridized carbons (Fsp3) is 0.455. The normalized spacial score (nSPS) is 14.9. The van der Waals surface area contributed by atoms with E-state index in [9.17, 15) is 14.0 Å². The van der Waals surface area contributed by atoms with Gasteiger partial charge in [0.25, 0.3) is 5.91 Å². The van der Waals surface area contributed by atoms with Gasteiger partial charge in [-0.25, -0.2) is 4.39 Å². The maximum atomic E-state index is 13.6. The number of nitrogens with one attached hydrogen (secondary N) is 1. The molecule has 1 aromatic heterocycles. The van der Waals surface area contributed by atoms with Crippen LogP contribution in [0.5, 0.6) is 5.75 Å². The van der Waals surface area contributed by atoms with Crippen LogP contribution in [0, 0.1) is 12.7 Å². The van der Waals surface area contributed by atoms with Crippen LogP contribution < -0.4 is 4.74 Å². The largest absolute Gasteiger partial charge is 0.496 e. The number of nitrogens with zero attached hydrogens (tertiary/aromatic N) is 2. The first-order valence-corrected chi connectivity index (χ1v) is 9.92. The Morgan fingerprint density at radius 3 is 2.48 bits per heavy atom. The van der Waals surface area contributed by atoms with Crippen molar-refractivity contribution in [3.05, 3.63) is 52.1 Å². The van der Waals surface area contributed by atoms with Crippen LogP contribution in [-0.4, -0.2) is 59.8 Å². The van der Waals surface area contributed by atoms with E-state index in [0.29, 0.717) is 56.2 Å². The highest BCUT2D eigenvalue weighted by atomic mass is 19.1. The number of halogens is 1. The van der Waals surface area contributed by atoms with E-state index in [1.54, 1.807) is 13.2 Å². The third-order valence-corrected chi connectivity index (χ3v) is 5.51. The third-order valence-electron chi connectivity index (χ3n) is 5.51. The Hall–Kier alpha value is -2.67. The van der Waals surface area contributed by atoms with Crippen LogP contribution in [0.25, 0.3) is 0 Å². The molecule has 1 amide bonds. The number of benzene rings is 1. The molecule has 0 bridgehead atoms. The van der Waals surface area contributed by atoms with Crippen LogP contribution >= 0.6 is 0 Å². The van der Waals surface area contributed by atoms with Gasteiger partial charge in [-0.15, -0.1) is 0 Å². The van der Waals surface area contributed by atoms with Gasteiger partial charge in [-0.1, -0.05) is 6.92 Å². The van der Waals surface area contributed by atoms with Gasteiger partial charge in [0, 0.05) is 49.5 Å². The van der Waals surface area contributed by atoms with Crippen molar-refractivity contribution in [3.63, 3.8) is 0 Å². The van der Waals surface area contributed by atoms with Crippen LogP contribution in [0.4, 0.5) is 4.39 Å². The summed E-state index contributed by atoms with van der Waals surface area (Å²) in [6.07, 6.45) is 0.625. The molecule has 0 aliphatic carbocycles. The molecule has 2 heterocycles. The number of ether oxygens (including phenoxy) is 1. The van der Waals surface area contributed by atoms with Crippen molar-refractivity contribution in [2.45, 2.75) is 33.7 Å². The zero-order valence-corrected chi connectivity index (χ0v) is 17.5. The van der Waals surface area contributed by atoms with E-state index < -0.39 is 0 Å². The zero-order valence-electron chi connectivity index (χ0n) is 17.5. The molecule has 0 saturated carbocycles. The summed E-state index contributed by atoms with van der Waals surface area (Å²) < 4.78 is 18.9. The van der Waals surface area contributed by atoms with Gasteiger partial charge in [0.1, 0.15) is 17.3 Å². The predicted molar refractivity (Wildman–Crippen MR) is 109 cm³/mol. The van der Waals surface area contributed by atoms with Crippen molar-refractivity contribution < 1.29 is 18.7 Å². The highest BCUT2D eigenvalue weighted by molar-refractivity contribution is 6.02. The molecule has 2 aromatic rings. The van der Waals surface area contributed by atoms with Crippen LogP contribution in [0.1, 0.15) is 51.5 Å². The number of hydrogen-bond donors (Lipinski definition) is 1. The first kappa shape index (κ1) is 21.0. The third kappa shape index (κ3) is 4.34. The molecule has 0 spiro atoms. The topological polar surface area (TPSA) is 65.6 Å². The second-order valence-corrected chi connectivity index (χ2v) is 7.41. The van der Waals surface area contributed by atoms with E-state index >= 15 is 0 Å². The van der Waals surface area contributed by atoms with Gasteiger partial charge in [-0.05, 0) is 44.0 Å². The summed E-state index contributed by atoms with van der Waals surface area (Å²) in [7, 11) is 1.58. The number of aromatic nitrogens is 1. The Morgan fingerprint density at radius 1 is 1.21 bits per heavy atom. The number of carbonyl (C=O) groups excluding carboxylic acids is 2. The van der Waals surface area contributed by atoms with Crippen LogP contribution in [0.2, 0.25) is 0 Å². The number of aromatic amines is 1. The minimum absolute atomic E-state index is 0.0245. The lowest BCUT2D eigenvalue weighted by atomic mass is 10.0. The minimum Gasteiger partial charge on any atom is -0.496 e. The Labute approximate surface area is 170 Å². The predicted octanol–water partition coefficient (Wildman–Crippen LogP) is 3.19. The second-order valence-electron chi connectivity index (χ2n) is 7.41. The lowest BCUT2D eigenvalue weighted by Gasteiger charge is -2.35. The van der Waals surface area contributed by atoms with Gasteiger partial charge < -0.3 is 14.6 Å². The van der Waals surface area contributed by atoms with Gasteiger partial charge in [-0.3, -0.25) is 14.5 Å². The number of amides is 1. The molecule has 0 radical (unpaired) electrons. The lowest BCUT2D eigenvalue weighted by Crippen LogP contribution is -2.48. The molecule has 1 aliphatic heterocycles. The molecule has 1 N–H and O–H groups in total. The molecule has 7 heteroatoms. The summed E-state index contributed by atoms with van der Waals surface area (Å²) in [5, 5.41) is 0. The van der Waals surface area contributed by atoms with Crippen molar-refractivity contribution in [1.82, 2.24) is 14.8 Å². The standard InChI is InChI=1S/C22H28FN3O3/c1-5-18-20(15(3)27)14(2)24-21(18)22(28)26-10-8-25(9-11-26)13-16-12-17(23)6-7-19(16)29-4/h6-7,12,24H,5,8-11,13H2,1-4H3. The molecule has 0 unspecified atom stereocenters. The van der Waals surface area contributed by atoms with Crippen LogP contribution in [0.15, 0.2) is 18.2 Å². The van der Waals surface area contributed by atoms with Gasteiger partial charge in [0.05, 0.1) is 7.11 Å². The fourth-order valence-electron chi connectivity index (χ4n) is 4.07. The van der Waals surface area contributed by atoms with Crippen molar-refractivity contribution in [3.8, 4) is 5.75 Å². The lowest BCUT2D eigenvalue weighted by molar-refractivity contribution is 0.0621. The molecule has 1 aliphatic rings. The van der Waals surface area contributed by atoms with E-state index in [1.807, 2.05) is 18.7 Å². The summed E-state index contributed by atoms with van der Waals surface area (Å²) in [6.45, 7) is 8.41. The highest BCUT2D eigenvalue weighted by Crippen LogP contribution is 2.24. The average Bonchev–Trinajstić information content (AvgIpc) is 3.04. The summed E-state index contributed by atoms with van der Waals surface area (Å²) >= 11 is 0. The van der Waals surface area contributed by atoms with Crippen molar-refractivity contribution in [2.24, 2.45) is 0 Å². The van der Waals surface area contributed by atoms with E-state index in [-0.39, 0.29) is 17.5 Å². The van der Waals surface area contributed by atoms with E-state index in [0.717, 1.165) is 16.8 Å². The van der Waals surface area contributed by atoms with Gasteiger partial charge in [0.2, 0.25) is 0 Å². The SMILES string of the molecule is CCc1c(C(=O)N2CCN(Cc3cc(F)ccc3OC)CC2)[nH]c(C)c1C(C)=O. The summed E-state index contributed by atoms with van der Waals surface area (Å²) in [4.78, 5) is 32.2. The highest BCUT2D eigenvalue weighted by Gasteiger charge is 2.28. The monoisotopic (exact) mass is 401 g/mol. The molecule has 1 fully saturated rings. The number of methoxy groups -OCH3 is 1. The van der Waals surface area contributed by atoms with Crippen LogP contribution in [0.3, 0.4) is 0 Å². The molecule has 3 rings (SSSR count). The Bertz CT molecular complexity index is 914. The molecule has 29 heavy (non-hydrogen) atoms. The Balaban J connectivity index is 1.69. The van der Waals surface area contributed by atoms with E-state index in [1.165, 1.54) is 19.1 Å². The first-order valence-electron chi connectivity index (χ1n) is 9.92. The molecule has 6 nitrogen and oxygen atoms in total. The van der Waals surface area contributed by atoms with Gasteiger partial charge in [-0.2, -0.15) is 0 Å². The number of Topliss-reactive ketones (excluding diaryl/α,β-unsaturated/α-hetero) is 1. The maximum absolute atomic E-state index is 13.6. The number of rotatable bonds is 6. The molecular weight excluding hydrogens is 373 g/mol. The van der Waals surface area contributed by atoms with Gasteiger partial charge in [0.15, 0.2) is 5.78 Å². The number of hydrogen-bond acceptors (Lipinski definition) is 4. The first-order chi connectivity index (χ1) is 13.8. The van der Waals surface area contributed by atoms with E-state index in [4.69, 9.17) is 4.74 Å². The molecular formula is C22H28FN3O3. The number of aryl methyl sites for hydroxylation is 1. The number of ketones is 1. The zero-order chi connectivity index (χ0) is 21.1. The minimum atomic E-state index is -0.287. The van der Waals surface area contributed by atoms with Crippen LogP contribution in [-0.2, 0) is 13.0 Å². The van der Waals surface area contributed by atoms with Gasteiger partial charge >= 0.3 is 0 Å². The molecule has 0 atom stereocenters. The fourth-order valence-corrected chi connectivity index (χ4v) is 4.07. The van der Waals surface area contributed by atoms with Crippen molar-refractivity contribution in [2.75, 3.05) is 33.3 Å². The Kier molecular flexibility index (Phi) is 6.37. The molecule has 1 saturated heterocycles. The van der Waals surface area contributed by atoms with E-state index in [2.05, 4.69) is 9.88 Å². The quantitative estimate of drug-likeness (QED) is 0.755. The number of piperazine rings is 1. The summed E-state index contributed by atoms with van der Waals surface area (Å²) in [6, 6.07) is 4.52. The average molecular weight is 401 g/mol. The second kappa shape index (κ2) is 8.78. The molecule has 1 aromatic carbocycles. The summed E-state index contributed by atoms with van der Waals surface area (Å²) in [5.41, 5.74) is 3.50. The summed E-state index contributed by atoms with van der Waals surface area (Å²) in [5.74, 6) is 0.283. The Morgan fingerprint density at radius 2 is 1.90 bits per heavy atom.